The Bertz CT molecular complexity index is 1180. The van der Waals surface area contributed by atoms with E-state index in [4.69, 9.17) is 4.42 Å². The van der Waals surface area contributed by atoms with Gasteiger partial charge in [-0.25, -0.2) is 17.6 Å². The molecule has 0 bridgehead atoms. The van der Waals surface area contributed by atoms with Gasteiger partial charge in [0.05, 0.1) is 5.69 Å². The van der Waals surface area contributed by atoms with Crippen LogP contribution in [0.4, 0.5) is 15.8 Å². The maximum Gasteiger partial charge on any atom is 0.363 e. The highest BCUT2D eigenvalue weighted by atomic mass is 32.2. The van der Waals surface area contributed by atoms with Crippen molar-refractivity contribution in [2.45, 2.75) is 36.6 Å². The highest BCUT2D eigenvalue weighted by Crippen LogP contribution is 2.33. The third-order valence-electron chi connectivity index (χ3n) is 4.88. The first-order valence-corrected chi connectivity index (χ1v) is 10.5. The molecule has 6 nitrogen and oxygen atoms in total. The van der Waals surface area contributed by atoms with Gasteiger partial charge in [0.2, 0.25) is 0 Å². The van der Waals surface area contributed by atoms with Crippen LogP contribution in [-0.2, 0) is 10.0 Å². The molecule has 0 spiro atoms. The van der Waals surface area contributed by atoms with Gasteiger partial charge in [-0.15, -0.1) is 0 Å². The van der Waals surface area contributed by atoms with Gasteiger partial charge in [-0.2, -0.15) is 0 Å². The van der Waals surface area contributed by atoms with Crippen molar-refractivity contribution in [3.05, 3.63) is 64.8 Å². The molecule has 1 saturated carbocycles. The molecular formula is C20H19FN2O4S. The normalized spacial score (nSPS) is 15.0. The van der Waals surface area contributed by atoms with E-state index in [1.165, 1.54) is 12.1 Å². The van der Waals surface area contributed by atoms with E-state index in [1.54, 1.807) is 24.3 Å². The fourth-order valence-electron chi connectivity index (χ4n) is 3.52. The maximum atomic E-state index is 14.0. The molecule has 0 amide bonds. The van der Waals surface area contributed by atoms with Crippen LogP contribution in [0.5, 0.6) is 0 Å². The molecule has 1 heterocycles. The van der Waals surface area contributed by atoms with E-state index in [1.807, 2.05) is 0 Å². The Balaban J connectivity index is 1.85. The smallest absolute Gasteiger partial charge is 0.363 e. The zero-order chi connectivity index (χ0) is 19.7. The number of halogens is 1. The molecule has 3 aromatic rings. The topological polar surface area (TPSA) is 88.4 Å². The number of nitrogens with one attached hydrogen (secondary N) is 2. The molecule has 1 aliphatic rings. The molecule has 2 N–H and O–H groups in total. The van der Waals surface area contributed by atoms with Crippen LogP contribution in [0.2, 0.25) is 0 Å². The van der Waals surface area contributed by atoms with Crippen LogP contribution >= 0.6 is 0 Å². The molecule has 146 valence electrons. The van der Waals surface area contributed by atoms with E-state index >= 15 is 0 Å². The molecule has 8 heteroatoms. The van der Waals surface area contributed by atoms with Crippen LogP contribution in [0, 0.1) is 5.82 Å². The number of para-hydroxylation sites is 1. The van der Waals surface area contributed by atoms with Crippen molar-refractivity contribution in [2.75, 3.05) is 10.0 Å². The number of rotatable bonds is 5. The lowest BCUT2D eigenvalue weighted by atomic mass is 10.1. The predicted octanol–water partition coefficient (Wildman–Crippen LogP) is 4.09. The molecule has 1 aliphatic carbocycles. The zero-order valence-corrected chi connectivity index (χ0v) is 15.8. The van der Waals surface area contributed by atoms with Gasteiger partial charge >= 0.3 is 5.63 Å². The average molecular weight is 402 g/mol. The van der Waals surface area contributed by atoms with Crippen LogP contribution in [-0.4, -0.2) is 14.5 Å². The highest BCUT2D eigenvalue weighted by Gasteiger charge is 2.26. The van der Waals surface area contributed by atoms with E-state index < -0.39 is 26.4 Å². The van der Waals surface area contributed by atoms with Crippen molar-refractivity contribution in [3.8, 4) is 0 Å². The minimum absolute atomic E-state index is 0.127. The summed E-state index contributed by atoms with van der Waals surface area (Å²) in [6, 6.07) is 12.0. The SMILES string of the molecule is O=c1oc2ccccc2c(NC2CCCC2)c1NS(=O)(=O)c1ccccc1F. The minimum Gasteiger partial charge on any atom is -0.421 e. The van der Waals surface area contributed by atoms with Crippen molar-refractivity contribution in [3.63, 3.8) is 0 Å². The summed E-state index contributed by atoms with van der Waals surface area (Å²) in [6.45, 7) is 0. The van der Waals surface area contributed by atoms with Crippen molar-refractivity contribution in [1.29, 1.82) is 0 Å². The Hall–Kier alpha value is -2.87. The first-order chi connectivity index (χ1) is 13.5. The Morgan fingerprint density at radius 3 is 2.39 bits per heavy atom. The Kier molecular flexibility index (Phi) is 4.80. The Morgan fingerprint density at radius 2 is 1.64 bits per heavy atom. The third kappa shape index (κ3) is 3.47. The number of hydrogen-bond acceptors (Lipinski definition) is 5. The quantitative estimate of drug-likeness (QED) is 0.628. The van der Waals surface area contributed by atoms with Crippen LogP contribution in [0.15, 0.2) is 62.6 Å². The standard InChI is InChI=1S/C20H19FN2O4S/c21-15-10-4-6-12-17(15)28(25,26)23-19-18(22-13-7-1-2-8-13)14-9-3-5-11-16(14)27-20(19)24/h3-6,9-13,22-23H,1-2,7-8H2. The summed E-state index contributed by atoms with van der Waals surface area (Å²) >= 11 is 0. The second-order valence-corrected chi connectivity index (χ2v) is 8.45. The lowest BCUT2D eigenvalue weighted by molar-refractivity contribution is 0.560. The summed E-state index contributed by atoms with van der Waals surface area (Å²) in [4.78, 5) is 12.1. The van der Waals surface area contributed by atoms with E-state index in [9.17, 15) is 17.6 Å². The molecule has 1 fully saturated rings. The molecule has 0 unspecified atom stereocenters. The number of sulfonamides is 1. The number of hydrogen-bond donors (Lipinski definition) is 2. The van der Waals surface area contributed by atoms with Gasteiger partial charge in [0.1, 0.15) is 16.3 Å². The van der Waals surface area contributed by atoms with E-state index in [2.05, 4.69) is 10.0 Å². The summed E-state index contributed by atoms with van der Waals surface area (Å²) < 4.78 is 47.1. The molecule has 1 aromatic heterocycles. The fourth-order valence-corrected chi connectivity index (χ4v) is 4.67. The van der Waals surface area contributed by atoms with E-state index in [0.717, 1.165) is 37.8 Å². The Morgan fingerprint density at radius 1 is 0.964 bits per heavy atom. The van der Waals surface area contributed by atoms with E-state index in [0.29, 0.717) is 16.7 Å². The highest BCUT2D eigenvalue weighted by molar-refractivity contribution is 7.92. The molecular weight excluding hydrogens is 383 g/mol. The number of fused-ring (bicyclic) bond motifs is 1. The van der Waals surface area contributed by atoms with Crippen LogP contribution in [0.3, 0.4) is 0 Å². The molecule has 0 atom stereocenters. The summed E-state index contributed by atoms with van der Waals surface area (Å²) in [5.74, 6) is -0.898. The van der Waals surface area contributed by atoms with Crippen LogP contribution in [0.1, 0.15) is 25.7 Å². The molecule has 0 saturated heterocycles. The molecule has 28 heavy (non-hydrogen) atoms. The van der Waals surface area contributed by atoms with E-state index in [-0.39, 0.29) is 11.7 Å². The van der Waals surface area contributed by atoms with Gasteiger partial charge in [0, 0.05) is 11.4 Å². The maximum absolute atomic E-state index is 14.0. The van der Waals surface area contributed by atoms with Crippen molar-refractivity contribution in [2.24, 2.45) is 0 Å². The number of benzene rings is 2. The molecule has 0 aliphatic heterocycles. The lowest BCUT2D eigenvalue weighted by Gasteiger charge is -2.19. The summed E-state index contributed by atoms with van der Waals surface area (Å²) in [6.07, 6.45) is 3.97. The van der Waals surface area contributed by atoms with Gasteiger partial charge in [-0.1, -0.05) is 37.1 Å². The summed E-state index contributed by atoms with van der Waals surface area (Å²) in [5, 5.41) is 3.88. The first-order valence-electron chi connectivity index (χ1n) is 9.05. The van der Waals surface area contributed by atoms with Gasteiger partial charge in [-0.3, -0.25) is 4.72 Å². The number of anilines is 2. The third-order valence-corrected chi connectivity index (χ3v) is 6.26. The van der Waals surface area contributed by atoms with Gasteiger partial charge < -0.3 is 9.73 Å². The average Bonchev–Trinajstić information content (AvgIpc) is 3.18. The predicted molar refractivity (Wildman–Crippen MR) is 106 cm³/mol. The molecule has 0 radical (unpaired) electrons. The Labute approximate surface area is 161 Å². The van der Waals surface area contributed by atoms with Gasteiger partial charge in [-0.05, 0) is 37.1 Å². The summed E-state index contributed by atoms with van der Waals surface area (Å²) in [7, 11) is -4.32. The second-order valence-electron chi connectivity index (χ2n) is 6.80. The van der Waals surface area contributed by atoms with Crippen molar-refractivity contribution < 1.29 is 17.2 Å². The fraction of sp³-hybridized carbons (Fsp3) is 0.250. The van der Waals surface area contributed by atoms with Crippen molar-refractivity contribution >= 4 is 32.4 Å². The van der Waals surface area contributed by atoms with Crippen LogP contribution < -0.4 is 15.7 Å². The van der Waals surface area contributed by atoms with Crippen LogP contribution in [0.25, 0.3) is 11.0 Å². The monoisotopic (exact) mass is 402 g/mol. The summed E-state index contributed by atoms with van der Waals surface area (Å²) in [5.41, 5.74) is -0.367. The molecule has 2 aromatic carbocycles. The zero-order valence-electron chi connectivity index (χ0n) is 14.9. The largest absolute Gasteiger partial charge is 0.421 e. The minimum atomic E-state index is -4.32. The second kappa shape index (κ2) is 7.27. The van der Waals surface area contributed by atoms with Gasteiger partial charge in [0.25, 0.3) is 10.0 Å². The van der Waals surface area contributed by atoms with Gasteiger partial charge in [0.15, 0.2) is 5.69 Å². The lowest BCUT2D eigenvalue weighted by Crippen LogP contribution is -2.23. The first kappa shape index (κ1) is 18.5. The van der Waals surface area contributed by atoms with Crippen molar-refractivity contribution in [1.82, 2.24) is 0 Å². The molecule has 4 rings (SSSR count).